The number of benzene rings is 3. The largest absolute Gasteiger partial charge is 0.497 e. The quantitative estimate of drug-likeness (QED) is 0.405. The number of aryl methyl sites for hydroxylation is 2. The van der Waals surface area contributed by atoms with Crippen molar-refractivity contribution in [2.75, 3.05) is 16.9 Å². The highest BCUT2D eigenvalue weighted by Gasteiger charge is 2.45. The highest BCUT2D eigenvalue weighted by molar-refractivity contribution is 6.29. The molecule has 2 aliphatic rings. The molecular formula is C28H25N5O2. The smallest absolute Gasteiger partial charge is 0.230 e. The van der Waals surface area contributed by atoms with E-state index in [0.717, 1.165) is 51.0 Å². The lowest BCUT2D eigenvalue weighted by Crippen LogP contribution is -2.44. The van der Waals surface area contributed by atoms with E-state index in [9.17, 15) is 4.79 Å². The van der Waals surface area contributed by atoms with Crippen LogP contribution in [0.3, 0.4) is 0 Å². The molecule has 0 bridgehead atoms. The zero-order valence-electron chi connectivity index (χ0n) is 20.1. The standard InChI is InChI=1S/C28H25N5O2/c1-17-9-5-6-10-22(17)33-27-25(18(2)30-33)26(20-13-15-21(35-4)16-14-20)32-24-12-8-7-11-23(24)31(19(3)34)28(32)29-27/h5-16,26H,1-4H3. The number of carbonyl (C=O) groups excluding carboxylic acids is 1. The van der Waals surface area contributed by atoms with Gasteiger partial charge in [-0.3, -0.25) is 9.69 Å². The first-order valence-corrected chi connectivity index (χ1v) is 11.6. The van der Waals surface area contributed by atoms with Crippen molar-refractivity contribution >= 4 is 29.1 Å². The summed E-state index contributed by atoms with van der Waals surface area (Å²) >= 11 is 0. The van der Waals surface area contributed by atoms with Gasteiger partial charge in [-0.05, 0) is 55.3 Å². The predicted octanol–water partition coefficient (Wildman–Crippen LogP) is 5.46. The topological polar surface area (TPSA) is 63.0 Å². The van der Waals surface area contributed by atoms with Gasteiger partial charge < -0.3 is 4.74 Å². The van der Waals surface area contributed by atoms with Crippen LogP contribution in [0.5, 0.6) is 5.75 Å². The van der Waals surface area contributed by atoms with Gasteiger partial charge in [-0.1, -0.05) is 42.5 Å². The predicted molar refractivity (Wildman–Crippen MR) is 137 cm³/mol. The monoisotopic (exact) mass is 463 g/mol. The molecule has 1 amide bonds. The number of ether oxygens (including phenoxy) is 1. The Bertz CT molecular complexity index is 1500. The molecule has 7 heteroatoms. The molecule has 3 aromatic carbocycles. The van der Waals surface area contributed by atoms with E-state index in [-0.39, 0.29) is 11.9 Å². The minimum Gasteiger partial charge on any atom is -0.497 e. The second-order valence-corrected chi connectivity index (χ2v) is 8.82. The third-order valence-corrected chi connectivity index (χ3v) is 6.71. The van der Waals surface area contributed by atoms with E-state index in [0.29, 0.717) is 5.96 Å². The lowest BCUT2D eigenvalue weighted by atomic mass is 9.95. The van der Waals surface area contributed by atoms with E-state index in [1.807, 2.05) is 66.2 Å². The van der Waals surface area contributed by atoms with Crippen molar-refractivity contribution < 1.29 is 9.53 Å². The van der Waals surface area contributed by atoms with E-state index >= 15 is 0 Å². The molecule has 6 rings (SSSR count). The van der Waals surface area contributed by atoms with Crippen molar-refractivity contribution in [2.45, 2.75) is 26.8 Å². The highest BCUT2D eigenvalue weighted by Crippen LogP contribution is 2.50. The Morgan fingerprint density at radius 3 is 2.20 bits per heavy atom. The lowest BCUT2D eigenvalue weighted by Gasteiger charge is -2.34. The highest BCUT2D eigenvalue weighted by atomic mass is 16.5. The molecule has 1 aromatic heterocycles. The number of hydrogen-bond donors (Lipinski definition) is 0. The molecule has 1 atom stereocenters. The van der Waals surface area contributed by atoms with Gasteiger partial charge in [0.15, 0.2) is 5.82 Å². The summed E-state index contributed by atoms with van der Waals surface area (Å²) in [7, 11) is 1.66. The molecule has 2 aliphatic heterocycles. The van der Waals surface area contributed by atoms with E-state index in [1.165, 1.54) is 0 Å². The van der Waals surface area contributed by atoms with Gasteiger partial charge in [-0.15, -0.1) is 0 Å². The molecule has 1 unspecified atom stereocenters. The van der Waals surface area contributed by atoms with Crippen LogP contribution in [-0.2, 0) is 4.79 Å². The van der Waals surface area contributed by atoms with Gasteiger partial charge in [-0.2, -0.15) is 10.1 Å². The molecule has 3 heterocycles. The fraction of sp³-hybridized carbons (Fsp3) is 0.179. The van der Waals surface area contributed by atoms with Gasteiger partial charge in [0.2, 0.25) is 11.9 Å². The minimum absolute atomic E-state index is 0.0886. The number of nitrogens with zero attached hydrogens (tertiary/aromatic N) is 5. The molecule has 4 aromatic rings. The maximum atomic E-state index is 12.9. The molecule has 0 N–H and O–H groups in total. The maximum Gasteiger partial charge on any atom is 0.230 e. The van der Waals surface area contributed by atoms with Crippen LogP contribution in [0.2, 0.25) is 0 Å². The van der Waals surface area contributed by atoms with Crippen LogP contribution in [0, 0.1) is 13.8 Å². The van der Waals surface area contributed by atoms with Crippen LogP contribution in [0.25, 0.3) is 5.69 Å². The van der Waals surface area contributed by atoms with Gasteiger partial charge in [0.05, 0.1) is 35.9 Å². The summed E-state index contributed by atoms with van der Waals surface area (Å²) in [4.78, 5) is 21.8. The Labute approximate surface area is 203 Å². The van der Waals surface area contributed by atoms with E-state index in [4.69, 9.17) is 14.8 Å². The van der Waals surface area contributed by atoms with Gasteiger partial charge in [0.1, 0.15) is 5.75 Å². The molecule has 174 valence electrons. The SMILES string of the molecule is COc1ccc(C2c3c(C)nn(-c4ccccc4C)c3N=C3N(C(C)=O)c4ccccc4N32)cc1. The normalized spacial score (nSPS) is 15.9. The first-order valence-electron chi connectivity index (χ1n) is 11.6. The van der Waals surface area contributed by atoms with Crippen molar-refractivity contribution in [1.82, 2.24) is 9.78 Å². The minimum atomic E-state index is -0.216. The molecule has 0 aliphatic carbocycles. The van der Waals surface area contributed by atoms with Crippen LogP contribution < -0.4 is 14.5 Å². The molecular weight excluding hydrogens is 438 g/mol. The zero-order chi connectivity index (χ0) is 24.3. The summed E-state index contributed by atoms with van der Waals surface area (Å²) in [6, 6.07) is 23.9. The summed E-state index contributed by atoms with van der Waals surface area (Å²) in [5.74, 6) is 2.03. The number of carbonyl (C=O) groups is 1. The Morgan fingerprint density at radius 1 is 0.886 bits per heavy atom. The number of aliphatic imine (C=N–C) groups is 1. The number of guanidine groups is 1. The van der Waals surface area contributed by atoms with Crippen molar-refractivity contribution in [2.24, 2.45) is 4.99 Å². The van der Waals surface area contributed by atoms with Gasteiger partial charge >= 0.3 is 0 Å². The number of amides is 1. The summed E-state index contributed by atoms with van der Waals surface area (Å²) in [5, 5.41) is 4.94. The number of hydrogen-bond acceptors (Lipinski definition) is 5. The van der Waals surface area contributed by atoms with Crippen molar-refractivity contribution in [3.05, 3.63) is 95.2 Å². The Kier molecular flexibility index (Phi) is 4.74. The maximum absolute atomic E-state index is 12.9. The average molecular weight is 464 g/mol. The summed E-state index contributed by atoms with van der Waals surface area (Å²) in [6.45, 7) is 5.66. The third kappa shape index (κ3) is 3.08. The molecule has 0 spiro atoms. The summed E-state index contributed by atoms with van der Waals surface area (Å²) in [6.07, 6.45) is 0. The first kappa shape index (κ1) is 21.2. The number of anilines is 2. The number of rotatable bonds is 3. The first-order chi connectivity index (χ1) is 17.0. The Hall–Kier alpha value is -4.39. The van der Waals surface area contributed by atoms with Crippen LogP contribution >= 0.6 is 0 Å². The van der Waals surface area contributed by atoms with E-state index < -0.39 is 0 Å². The number of fused-ring (bicyclic) bond motifs is 4. The number of aromatic nitrogens is 2. The van der Waals surface area contributed by atoms with Gasteiger partial charge in [-0.25, -0.2) is 9.58 Å². The second-order valence-electron chi connectivity index (χ2n) is 8.82. The van der Waals surface area contributed by atoms with E-state index in [2.05, 4.69) is 30.0 Å². The van der Waals surface area contributed by atoms with Crippen molar-refractivity contribution in [3.63, 3.8) is 0 Å². The summed E-state index contributed by atoms with van der Waals surface area (Å²) < 4.78 is 7.31. The number of methoxy groups -OCH3 is 1. The van der Waals surface area contributed by atoms with Crippen LogP contribution in [-0.4, -0.2) is 28.8 Å². The molecule has 0 saturated heterocycles. The molecule has 0 saturated carbocycles. The van der Waals surface area contributed by atoms with Gasteiger partial charge in [0, 0.05) is 12.5 Å². The van der Waals surface area contributed by atoms with Crippen molar-refractivity contribution in [1.29, 1.82) is 0 Å². The third-order valence-electron chi connectivity index (χ3n) is 6.71. The zero-order valence-corrected chi connectivity index (χ0v) is 20.1. The second kappa shape index (κ2) is 7.84. The van der Waals surface area contributed by atoms with Gasteiger partial charge in [0.25, 0.3) is 0 Å². The molecule has 0 fully saturated rings. The molecule has 0 radical (unpaired) electrons. The van der Waals surface area contributed by atoms with Crippen molar-refractivity contribution in [3.8, 4) is 11.4 Å². The number of para-hydroxylation sites is 3. The average Bonchev–Trinajstić information content (AvgIpc) is 3.38. The fourth-order valence-electron chi connectivity index (χ4n) is 5.10. The summed E-state index contributed by atoms with van der Waals surface area (Å²) in [5.41, 5.74) is 6.80. The lowest BCUT2D eigenvalue weighted by molar-refractivity contribution is -0.115. The van der Waals surface area contributed by atoms with E-state index in [1.54, 1.807) is 18.9 Å². The fourth-order valence-corrected chi connectivity index (χ4v) is 5.10. The van der Waals surface area contributed by atoms with Crippen LogP contribution in [0.15, 0.2) is 77.8 Å². The molecule has 35 heavy (non-hydrogen) atoms. The Morgan fingerprint density at radius 2 is 1.54 bits per heavy atom. The Balaban J connectivity index is 1.66. The van der Waals surface area contributed by atoms with Crippen LogP contribution in [0.1, 0.15) is 35.3 Å². The van der Waals surface area contributed by atoms with Crippen LogP contribution in [0.4, 0.5) is 17.2 Å². The molecule has 7 nitrogen and oxygen atoms in total.